The molecule has 21 heavy (non-hydrogen) atoms. The van der Waals surface area contributed by atoms with Crippen molar-refractivity contribution in [1.82, 2.24) is 4.98 Å². The van der Waals surface area contributed by atoms with Crippen molar-refractivity contribution in [2.24, 2.45) is 0 Å². The van der Waals surface area contributed by atoms with Gasteiger partial charge in [0.05, 0.1) is 11.1 Å². The maximum atomic E-state index is 13.8. The third-order valence-corrected chi connectivity index (χ3v) is 3.35. The molecule has 4 heteroatoms. The van der Waals surface area contributed by atoms with Gasteiger partial charge in [0.1, 0.15) is 11.6 Å². The van der Waals surface area contributed by atoms with Crippen molar-refractivity contribution in [2.45, 2.75) is 6.92 Å². The van der Waals surface area contributed by atoms with E-state index in [1.54, 1.807) is 6.07 Å². The average molecular weight is 283 g/mol. The summed E-state index contributed by atoms with van der Waals surface area (Å²) in [5, 5.41) is 0.794. The van der Waals surface area contributed by atoms with Crippen LogP contribution < -0.4 is 0 Å². The predicted octanol–water partition coefficient (Wildman–Crippen LogP) is 4.05. The molecule has 3 rings (SSSR count). The van der Waals surface area contributed by atoms with E-state index in [-0.39, 0.29) is 16.7 Å². The average Bonchev–Trinajstić information content (AvgIpc) is 2.50. The van der Waals surface area contributed by atoms with Gasteiger partial charge in [-0.15, -0.1) is 0 Å². The summed E-state index contributed by atoms with van der Waals surface area (Å²) in [5.41, 5.74) is 1.11. The highest BCUT2D eigenvalue weighted by molar-refractivity contribution is 6.10. The molecule has 0 saturated heterocycles. The fraction of sp³-hybridized carbons (Fsp3) is 0.0588. The Labute approximate surface area is 120 Å². The van der Waals surface area contributed by atoms with Gasteiger partial charge in [-0.25, -0.2) is 8.78 Å². The number of ketones is 1. The molecular formula is C17H11F2NO. The third kappa shape index (κ3) is 2.40. The summed E-state index contributed by atoms with van der Waals surface area (Å²) < 4.78 is 27.1. The Morgan fingerprint density at radius 2 is 1.81 bits per heavy atom. The number of rotatable bonds is 2. The highest BCUT2D eigenvalue weighted by Gasteiger charge is 2.17. The Bertz CT molecular complexity index is 859. The van der Waals surface area contributed by atoms with E-state index in [1.807, 2.05) is 24.3 Å². The van der Waals surface area contributed by atoms with E-state index in [2.05, 4.69) is 4.98 Å². The van der Waals surface area contributed by atoms with Crippen LogP contribution in [0.25, 0.3) is 10.9 Å². The molecule has 0 saturated carbocycles. The molecule has 1 aromatic heterocycles. The molecule has 104 valence electrons. The fourth-order valence-corrected chi connectivity index (χ4v) is 2.18. The summed E-state index contributed by atoms with van der Waals surface area (Å²) in [6.45, 7) is 1.49. The molecule has 3 aromatic rings. The summed E-state index contributed by atoms with van der Waals surface area (Å²) in [6, 6.07) is 10.9. The number of fused-ring (bicyclic) bond motifs is 1. The van der Waals surface area contributed by atoms with Crippen LogP contribution in [0.5, 0.6) is 0 Å². The number of hydrogen-bond donors (Lipinski definition) is 0. The molecule has 0 amide bonds. The van der Waals surface area contributed by atoms with Gasteiger partial charge in [-0.2, -0.15) is 0 Å². The molecule has 0 N–H and O–H groups in total. The smallest absolute Gasteiger partial charge is 0.197 e. The van der Waals surface area contributed by atoms with E-state index in [0.29, 0.717) is 0 Å². The number of para-hydroxylation sites is 1. The molecule has 0 atom stereocenters. The van der Waals surface area contributed by atoms with E-state index in [1.165, 1.54) is 19.2 Å². The van der Waals surface area contributed by atoms with E-state index in [0.717, 1.165) is 17.0 Å². The lowest BCUT2D eigenvalue weighted by Gasteiger charge is -2.06. The zero-order valence-electron chi connectivity index (χ0n) is 11.2. The van der Waals surface area contributed by atoms with Crippen molar-refractivity contribution < 1.29 is 13.6 Å². The minimum Gasteiger partial charge on any atom is -0.288 e. The molecule has 0 aliphatic carbocycles. The number of aryl methyl sites for hydroxylation is 1. The summed E-state index contributed by atoms with van der Waals surface area (Å²) in [5.74, 6) is -2.04. The largest absolute Gasteiger partial charge is 0.288 e. The SMILES string of the molecule is Cc1cc(C(=O)c2cnc3ccccc3c2)c(F)cc1F. The lowest BCUT2D eigenvalue weighted by atomic mass is 10.0. The fourth-order valence-electron chi connectivity index (χ4n) is 2.18. The Kier molecular flexibility index (Phi) is 3.22. The lowest BCUT2D eigenvalue weighted by molar-refractivity contribution is 0.103. The van der Waals surface area contributed by atoms with Gasteiger partial charge in [0.15, 0.2) is 5.78 Å². The van der Waals surface area contributed by atoms with Gasteiger partial charge in [-0.3, -0.25) is 9.78 Å². The Morgan fingerprint density at radius 3 is 2.62 bits per heavy atom. The third-order valence-electron chi connectivity index (χ3n) is 3.35. The first-order chi connectivity index (χ1) is 10.1. The highest BCUT2D eigenvalue weighted by Crippen LogP contribution is 2.20. The minimum atomic E-state index is -0.865. The summed E-state index contributed by atoms with van der Waals surface area (Å²) in [6.07, 6.45) is 1.41. The number of hydrogen-bond acceptors (Lipinski definition) is 2. The second kappa shape index (κ2) is 5.05. The first-order valence-electron chi connectivity index (χ1n) is 6.41. The second-order valence-corrected chi connectivity index (χ2v) is 4.83. The van der Waals surface area contributed by atoms with Crippen LogP contribution in [0.3, 0.4) is 0 Å². The molecule has 0 aliphatic heterocycles. The van der Waals surface area contributed by atoms with Crippen LogP contribution in [0, 0.1) is 18.6 Å². The normalized spacial score (nSPS) is 10.8. The molecule has 0 unspecified atom stereocenters. The topological polar surface area (TPSA) is 30.0 Å². The number of nitrogens with zero attached hydrogens (tertiary/aromatic N) is 1. The van der Waals surface area contributed by atoms with Crippen molar-refractivity contribution in [1.29, 1.82) is 0 Å². The van der Waals surface area contributed by atoms with Crippen LogP contribution in [0.15, 0.2) is 48.7 Å². The maximum Gasteiger partial charge on any atom is 0.197 e. The van der Waals surface area contributed by atoms with Gasteiger partial charge in [0.2, 0.25) is 0 Å². The Balaban J connectivity index is 2.10. The van der Waals surface area contributed by atoms with Gasteiger partial charge in [0, 0.05) is 23.2 Å². The monoisotopic (exact) mass is 283 g/mol. The van der Waals surface area contributed by atoms with E-state index >= 15 is 0 Å². The number of carbonyl (C=O) groups excluding carboxylic acids is 1. The molecule has 0 spiro atoms. The van der Waals surface area contributed by atoms with Gasteiger partial charge in [-0.05, 0) is 30.7 Å². The van der Waals surface area contributed by atoms with Gasteiger partial charge in [-0.1, -0.05) is 18.2 Å². The minimum absolute atomic E-state index is 0.147. The molecule has 2 aromatic carbocycles. The van der Waals surface area contributed by atoms with Crippen LogP contribution in [-0.2, 0) is 0 Å². The van der Waals surface area contributed by atoms with Crippen molar-refractivity contribution in [3.63, 3.8) is 0 Å². The number of halogens is 2. The molecule has 0 radical (unpaired) electrons. The van der Waals surface area contributed by atoms with Crippen LogP contribution in [0.4, 0.5) is 8.78 Å². The number of benzene rings is 2. The van der Waals surface area contributed by atoms with Crippen LogP contribution in [-0.4, -0.2) is 10.8 Å². The molecule has 0 aliphatic rings. The molecule has 1 heterocycles. The molecule has 0 bridgehead atoms. The van der Waals surface area contributed by atoms with Gasteiger partial charge in [0.25, 0.3) is 0 Å². The summed E-state index contributed by atoms with van der Waals surface area (Å²) >= 11 is 0. The van der Waals surface area contributed by atoms with E-state index in [9.17, 15) is 13.6 Å². The first kappa shape index (κ1) is 13.4. The van der Waals surface area contributed by atoms with Crippen LogP contribution in [0.2, 0.25) is 0 Å². The van der Waals surface area contributed by atoms with Crippen molar-refractivity contribution in [3.8, 4) is 0 Å². The zero-order chi connectivity index (χ0) is 15.0. The number of aromatic nitrogens is 1. The second-order valence-electron chi connectivity index (χ2n) is 4.83. The van der Waals surface area contributed by atoms with Gasteiger partial charge < -0.3 is 0 Å². The first-order valence-corrected chi connectivity index (χ1v) is 6.41. The Hall–Kier alpha value is -2.62. The quantitative estimate of drug-likeness (QED) is 0.664. The van der Waals surface area contributed by atoms with Crippen molar-refractivity contribution in [2.75, 3.05) is 0 Å². The van der Waals surface area contributed by atoms with Crippen molar-refractivity contribution >= 4 is 16.7 Å². The van der Waals surface area contributed by atoms with Crippen LogP contribution >= 0.6 is 0 Å². The van der Waals surface area contributed by atoms with E-state index in [4.69, 9.17) is 0 Å². The molecular weight excluding hydrogens is 272 g/mol. The summed E-state index contributed by atoms with van der Waals surface area (Å²) in [7, 11) is 0. The lowest BCUT2D eigenvalue weighted by Crippen LogP contribution is -2.06. The number of carbonyl (C=O) groups is 1. The van der Waals surface area contributed by atoms with E-state index < -0.39 is 17.4 Å². The molecule has 2 nitrogen and oxygen atoms in total. The Morgan fingerprint density at radius 1 is 1.05 bits per heavy atom. The van der Waals surface area contributed by atoms with Crippen LogP contribution in [0.1, 0.15) is 21.5 Å². The maximum absolute atomic E-state index is 13.8. The summed E-state index contributed by atoms with van der Waals surface area (Å²) in [4.78, 5) is 16.6. The van der Waals surface area contributed by atoms with Gasteiger partial charge >= 0.3 is 0 Å². The zero-order valence-corrected chi connectivity index (χ0v) is 11.2. The highest BCUT2D eigenvalue weighted by atomic mass is 19.1. The number of pyridine rings is 1. The van der Waals surface area contributed by atoms with Crippen molar-refractivity contribution in [3.05, 3.63) is 77.0 Å². The predicted molar refractivity (Wildman–Crippen MR) is 76.3 cm³/mol. The molecule has 0 fully saturated rings. The standard InChI is InChI=1S/C17H11F2NO/c1-10-6-13(15(19)8-14(10)18)17(21)12-7-11-4-2-3-5-16(11)20-9-12/h2-9H,1H3.